The van der Waals surface area contributed by atoms with Crippen LogP contribution in [0.5, 0.6) is 0 Å². The minimum absolute atomic E-state index is 0.373. The molecule has 12 heavy (non-hydrogen) atoms. The summed E-state index contributed by atoms with van der Waals surface area (Å²) < 4.78 is 0. The summed E-state index contributed by atoms with van der Waals surface area (Å²) in [4.78, 5) is 0. The van der Waals surface area contributed by atoms with E-state index in [0.717, 1.165) is 19.3 Å². The zero-order valence-electron chi connectivity index (χ0n) is 8.35. The van der Waals surface area contributed by atoms with Crippen molar-refractivity contribution in [3.63, 3.8) is 0 Å². The molecule has 0 bridgehead atoms. The third kappa shape index (κ3) is 7.23. The van der Waals surface area contributed by atoms with E-state index in [-0.39, 0.29) is 0 Å². The van der Waals surface area contributed by atoms with Gasteiger partial charge in [-0.25, -0.2) is 0 Å². The smallest absolute Gasteiger partial charge is 0.0181 e. The number of hydrogen-bond acceptors (Lipinski definition) is 0. The van der Waals surface area contributed by atoms with Crippen LogP contribution in [0.3, 0.4) is 0 Å². The van der Waals surface area contributed by atoms with Gasteiger partial charge in [0.25, 0.3) is 0 Å². The summed E-state index contributed by atoms with van der Waals surface area (Å²) in [5.41, 5.74) is 0. The number of terminal acetylenes is 1. The molecular formula is C12H18. The number of hydrogen-bond donors (Lipinski definition) is 0. The Hall–Kier alpha value is -0.880. The second-order valence-corrected chi connectivity index (χ2v) is 3.56. The quantitative estimate of drug-likeness (QED) is 0.559. The van der Waals surface area contributed by atoms with Gasteiger partial charge in [0.2, 0.25) is 0 Å². The highest BCUT2D eigenvalue weighted by Crippen LogP contribution is 2.02. The summed E-state index contributed by atoms with van der Waals surface area (Å²) in [6.07, 6.45) is 8.21. The van der Waals surface area contributed by atoms with Gasteiger partial charge in [0, 0.05) is 18.8 Å². The van der Waals surface area contributed by atoms with Gasteiger partial charge in [-0.3, -0.25) is 0 Å². The molecule has 0 aromatic rings. The molecule has 0 N–H and O–H groups in total. The van der Waals surface area contributed by atoms with Crippen LogP contribution in [0.1, 0.15) is 40.0 Å². The molecule has 0 aliphatic rings. The topological polar surface area (TPSA) is 0 Å². The van der Waals surface area contributed by atoms with Gasteiger partial charge in [-0.05, 0) is 12.3 Å². The van der Waals surface area contributed by atoms with E-state index in [1.165, 1.54) is 0 Å². The van der Waals surface area contributed by atoms with Crippen LogP contribution >= 0.6 is 0 Å². The molecule has 0 fully saturated rings. The molecule has 0 radical (unpaired) electrons. The van der Waals surface area contributed by atoms with Gasteiger partial charge < -0.3 is 0 Å². The first-order chi connectivity index (χ1) is 5.66. The van der Waals surface area contributed by atoms with E-state index in [2.05, 4.69) is 38.5 Å². The van der Waals surface area contributed by atoms with E-state index in [4.69, 9.17) is 6.42 Å². The van der Waals surface area contributed by atoms with Crippen LogP contribution < -0.4 is 0 Å². The van der Waals surface area contributed by atoms with Crippen LogP contribution in [0.2, 0.25) is 0 Å². The van der Waals surface area contributed by atoms with Crippen LogP contribution in [0.15, 0.2) is 0 Å². The Morgan fingerprint density at radius 3 is 2.33 bits per heavy atom. The largest absolute Gasteiger partial charge is 0.120 e. The molecular weight excluding hydrogens is 144 g/mol. The fraction of sp³-hybridized carbons (Fsp3) is 0.667. The van der Waals surface area contributed by atoms with Crippen molar-refractivity contribution in [2.45, 2.75) is 40.0 Å². The van der Waals surface area contributed by atoms with Crippen molar-refractivity contribution in [3.05, 3.63) is 0 Å². The average molecular weight is 162 g/mol. The minimum atomic E-state index is 0.373. The van der Waals surface area contributed by atoms with Gasteiger partial charge >= 0.3 is 0 Å². The lowest BCUT2D eigenvalue weighted by Gasteiger charge is -1.97. The molecule has 0 heterocycles. The molecule has 0 saturated carbocycles. The predicted molar refractivity (Wildman–Crippen MR) is 54.5 cm³/mol. The molecule has 0 aliphatic heterocycles. The summed E-state index contributed by atoms with van der Waals surface area (Å²) in [6, 6.07) is 0. The highest BCUT2D eigenvalue weighted by atomic mass is 14.0. The van der Waals surface area contributed by atoms with Gasteiger partial charge in [0.1, 0.15) is 0 Å². The lowest BCUT2D eigenvalue weighted by atomic mass is 10.1. The van der Waals surface area contributed by atoms with Gasteiger partial charge in [-0.1, -0.05) is 20.8 Å². The van der Waals surface area contributed by atoms with Crippen molar-refractivity contribution in [2.75, 3.05) is 0 Å². The van der Waals surface area contributed by atoms with Gasteiger partial charge in [-0.15, -0.1) is 24.2 Å². The van der Waals surface area contributed by atoms with Gasteiger partial charge in [0.05, 0.1) is 0 Å². The fourth-order valence-corrected chi connectivity index (χ4v) is 0.737. The lowest BCUT2D eigenvalue weighted by Crippen LogP contribution is -1.87. The molecule has 0 amide bonds. The number of rotatable bonds is 3. The maximum Gasteiger partial charge on any atom is 0.0181 e. The molecule has 0 aliphatic carbocycles. The summed E-state index contributed by atoms with van der Waals surface area (Å²) >= 11 is 0. The molecule has 0 aromatic carbocycles. The van der Waals surface area contributed by atoms with Gasteiger partial charge in [0.15, 0.2) is 0 Å². The second-order valence-electron chi connectivity index (χ2n) is 3.56. The summed E-state index contributed by atoms with van der Waals surface area (Å²) in [5.74, 6) is 10.0. The zero-order valence-corrected chi connectivity index (χ0v) is 8.35. The molecule has 0 saturated heterocycles. The SMILES string of the molecule is C#CC(C)CCC#CCC(C)C. The minimum Gasteiger partial charge on any atom is -0.120 e. The van der Waals surface area contributed by atoms with Crippen LogP contribution in [-0.2, 0) is 0 Å². The highest BCUT2D eigenvalue weighted by Gasteiger charge is 1.92. The highest BCUT2D eigenvalue weighted by molar-refractivity contribution is 5.01. The monoisotopic (exact) mass is 162 g/mol. The Labute approximate surface area is 76.8 Å². The van der Waals surface area contributed by atoms with Crippen LogP contribution in [0.4, 0.5) is 0 Å². The molecule has 0 rings (SSSR count). The Morgan fingerprint density at radius 1 is 1.17 bits per heavy atom. The standard InChI is InChI=1S/C12H18/c1-5-12(4)10-8-6-7-9-11(2)3/h1,11-12H,8-10H2,2-4H3. The molecule has 0 spiro atoms. The van der Waals surface area contributed by atoms with Crippen molar-refractivity contribution >= 4 is 0 Å². The first-order valence-electron chi connectivity index (χ1n) is 4.58. The summed E-state index contributed by atoms with van der Waals surface area (Å²) in [6.45, 7) is 6.42. The van der Waals surface area contributed by atoms with E-state index >= 15 is 0 Å². The normalized spacial score (nSPS) is 11.6. The molecule has 0 nitrogen and oxygen atoms in total. The third-order valence-corrected chi connectivity index (χ3v) is 1.62. The Bertz CT molecular complexity index is 194. The maximum atomic E-state index is 5.24. The van der Waals surface area contributed by atoms with E-state index in [1.807, 2.05) is 0 Å². The van der Waals surface area contributed by atoms with E-state index in [1.54, 1.807) is 0 Å². The molecule has 66 valence electrons. The third-order valence-electron chi connectivity index (χ3n) is 1.62. The zero-order chi connectivity index (χ0) is 9.40. The van der Waals surface area contributed by atoms with Crippen LogP contribution in [0, 0.1) is 36.0 Å². The van der Waals surface area contributed by atoms with Crippen LogP contribution in [0.25, 0.3) is 0 Å². The molecule has 0 heteroatoms. The predicted octanol–water partition coefficient (Wildman–Crippen LogP) is 3.09. The summed E-state index contributed by atoms with van der Waals surface area (Å²) in [5, 5.41) is 0. The van der Waals surface area contributed by atoms with Crippen molar-refractivity contribution in [2.24, 2.45) is 11.8 Å². The van der Waals surface area contributed by atoms with E-state index in [0.29, 0.717) is 11.8 Å². The fourth-order valence-electron chi connectivity index (χ4n) is 0.737. The second kappa shape index (κ2) is 6.81. The Balaban J connectivity index is 3.41. The molecule has 0 aromatic heterocycles. The Kier molecular flexibility index (Phi) is 6.31. The van der Waals surface area contributed by atoms with E-state index in [9.17, 15) is 0 Å². The molecule has 1 unspecified atom stereocenters. The van der Waals surface area contributed by atoms with Crippen LogP contribution in [-0.4, -0.2) is 0 Å². The van der Waals surface area contributed by atoms with Crippen molar-refractivity contribution < 1.29 is 0 Å². The van der Waals surface area contributed by atoms with Crippen molar-refractivity contribution in [3.8, 4) is 24.2 Å². The first-order valence-corrected chi connectivity index (χ1v) is 4.58. The first kappa shape index (κ1) is 11.1. The summed E-state index contributed by atoms with van der Waals surface area (Å²) in [7, 11) is 0. The maximum absolute atomic E-state index is 5.24. The van der Waals surface area contributed by atoms with E-state index < -0.39 is 0 Å². The lowest BCUT2D eigenvalue weighted by molar-refractivity contribution is 0.670. The average Bonchev–Trinajstić information content (AvgIpc) is 2.03. The van der Waals surface area contributed by atoms with Crippen molar-refractivity contribution in [1.29, 1.82) is 0 Å². The molecule has 1 atom stereocenters. The van der Waals surface area contributed by atoms with Crippen molar-refractivity contribution in [1.82, 2.24) is 0 Å². The van der Waals surface area contributed by atoms with Gasteiger partial charge in [-0.2, -0.15) is 0 Å². The Morgan fingerprint density at radius 2 is 1.83 bits per heavy atom.